The van der Waals surface area contributed by atoms with Crippen molar-refractivity contribution in [2.24, 2.45) is 0 Å². The van der Waals surface area contributed by atoms with Crippen LogP contribution in [0.3, 0.4) is 0 Å². The number of hydrogen-bond acceptors (Lipinski definition) is 6. The lowest BCUT2D eigenvalue weighted by Gasteiger charge is -2.27. The van der Waals surface area contributed by atoms with Gasteiger partial charge in [-0.25, -0.2) is 4.57 Å². The number of nitrogens with zero attached hydrogens (tertiary/aromatic N) is 1. The van der Waals surface area contributed by atoms with Gasteiger partial charge < -0.3 is 19.4 Å². The molecule has 0 aromatic heterocycles. The van der Waals surface area contributed by atoms with Crippen molar-refractivity contribution in [3.8, 4) is 0 Å². The number of unbranched alkanes of at least 4 members (excludes halogenated alkanes) is 32. The molecular formula is C67H124N2O7P+. The van der Waals surface area contributed by atoms with Crippen molar-refractivity contribution in [3.05, 3.63) is 72.9 Å². The summed E-state index contributed by atoms with van der Waals surface area (Å²) in [5, 5.41) is 3.05. The van der Waals surface area contributed by atoms with Gasteiger partial charge in [0, 0.05) is 12.8 Å². The van der Waals surface area contributed by atoms with Gasteiger partial charge in [-0.05, 0) is 102 Å². The van der Waals surface area contributed by atoms with Crippen LogP contribution in [0.2, 0.25) is 0 Å². The largest absolute Gasteiger partial charge is 0.472 e. The Bertz CT molecular complexity index is 1550. The van der Waals surface area contributed by atoms with Crippen LogP contribution in [0, 0.1) is 0 Å². The Labute approximate surface area is 476 Å². The molecule has 0 saturated carbocycles. The first kappa shape index (κ1) is 74.5. The third-order valence-electron chi connectivity index (χ3n) is 14.1. The molecule has 3 atom stereocenters. The first-order valence-electron chi connectivity index (χ1n) is 32.3. The molecule has 9 nitrogen and oxygen atoms in total. The van der Waals surface area contributed by atoms with Crippen molar-refractivity contribution < 1.29 is 37.3 Å². The monoisotopic (exact) mass is 1100 g/mol. The van der Waals surface area contributed by atoms with Crippen LogP contribution in [0.15, 0.2) is 72.9 Å². The number of amides is 1. The third-order valence-corrected chi connectivity index (χ3v) is 15.1. The zero-order valence-corrected chi connectivity index (χ0v) is 52.1. The Kier molecular flexibility index (Phi) is 54.8. The van der Waals surface area contributed by atoms with Gasteiger partial charge in [0.2, 0.25) is 5.91 Å². The van der Waals surface area contributed by atoms with E-state index in [1.54, 1.807) is 0 Å². The van der Waals surface area contributed by atoms with Crippen LogP contribution in [0.1, 0.15) is 290 Å². The predicted molar refractivity (Wildman–Crippen MR) is 332 cm³/mol. The Hall–Kier alpha value is -2.55. The van der Waals surface area contributed by atoms with Crippen LogP contribution in [0.25, 0.3) is 0 Å². The molecule has 1 amide bonds. The second kappa shape index (κ2) is 56.7. The van der Waals surface area contributed by atoms with Gasteiger partial charge in [-0.1, -0.05) is 248 Å². The standard InChI is InChI=1S/C67H123N2O7P/c1-7-10-13-16-19-22-25-27-29-31-33-34-36-38-40-42-45-48-51-54-57-60-67(71)76-65(58-55-52-49-46-43-24-21-18-15-12-9-3)64(63-75-77(72,73)74-62-61-69(4,5)6)68-66(70)59-56-53-50-47-44-41-39-37-35-32-30-28-26-23-20-17-14-11-8-2/h19-20,22-23,27-30,35,37,55,58,64-65H,7-18,21,24-26,31-34,36,38-54,56-57,59-63H2,1-6H3,(H-,68,70,72,73)/p+1/b22-19-,23-20-,29-27-,30-28-,37-35-,58-55+. The van der Waals surface area contributed by atoms with E-state index in [9.17, 15) is 19.0 Å². The van der Waals surface area contributed by atoms with Crippen molar-refractivity contribution in [1.82, 2.24) is 5.32 Å². The number of ether oxygens (including phenoxy) is 1. The summed E-state index contributed by atoms with van der Waals surface area (Å²) in [5.74, 6) is -0.519. The number of likely N-dealkylation sites (N-methyl/N-ethyl adjacent to an activating group) is 1. The maximum absolute atomic E-state index is 13.6. The highest BCUT2D eigenvalue weighted by Gasteiger charge is 2.30. The zero-order valence-electron chi connectivity index (χ0n) is 51.2. The van der Waals surface area contributed by atoms with Crippen LogP contribution in [0.5, 0.6) is 0 Å². The molecule has 10 heteroatoms. The van der Waals surface area contributed by atoms with Crippen molar-refractivity contribution >= 4 is 19.7 Å². The SMILES string of the molecule is CCCCC/C=C\C/C=C\C/C=C\CCCCCCCCC(=O)NC(COP(=O)(O)OCC[N+](C)(C)C)C(/C=C/CCCCCCCCCCC)OC(=O)CCCCCCCCCCCCC/C=C\C/C=C\CCCCC. The summed E-state index contributed by atoms with van der Waals surface area (Å²) >= 11 is 0. The Morgan fingerprint density at radius 1 is 0.455 bits per heavy atom. The van der Waals surface area contributed by atoms with Crippen LogP contribution in [0.4, 0.5) is 0 Å². The molecule has 0 aromatic carbocycles. The molecule has 0 spiro atoms. The van der Waals surface area contributed by atoms with Gasteiger partial charge in [0.05, 0.1) is 33.8 Å². The van der Waals surface area contributed by atoms with Gasteiger partial charge in [0.15, 0.2) is 0 Å². The van der Waals surface area contributed by atoms with Gasteiger partial charge in [0.25, 0.3) is 0 Å². The van der Waals surface area contributed by atoms with E-state index in [-0.39, 0.29) is 31.5 Å². The Balaban J connectivity index is 5.19. The van der Waals surface area contributed by atoms with Crippen LogP contribution in [-0.2, 0) is 27.9 Å². The summed E-state index contributed by atoms with van der Waals surface area (Å²) in [6, 6.07) is -0.858. The second-order valence-corrected chi connectivity index (χ2v) is 24.4. The second-order valence-electron chi connectivity index (χ2n) is 22.9. The number of carbonyl (C=O) groups excluding carboxylic acids is 2. The fourth-order valence-electron chi connectivity index (χ4n) is 9.10. The number of phosphoric ester groups is 1. The molecule has 77 heavy (non-hydrogen) atoms. The predicted octanol–water partition coefficient (Wildman–Crippen LogP) is 20.0. The molecular weight excluding hydrogens is 976 g/mol. The Morgan fingerprint density at radius 3 is 1.21 bits per heavy atom. The molecule has 0 aliphatic heterocycles. The lowest BCUT2D eigenvalue weighted by atomic mass is 10.0. The number of allylic oxidation sites excluding steroid dienone is 11. The highest BCUT2D eigenvalue weighted by atomic mass is 31.2. The summed E-state index contributed by atoms with van der Waals surface area (Å²) in [7, 11) is 1.48. The normalized spacial score (nSPS) is 14.1. The summed E-state index contributed by atoms with van der Waals surface area (Å²) in [6.07, 6.45) is 73.2. The highest BCUT2D eigenvalue weighted by molar-refractivity contribution is 7.47. The summed E-state index contributed by atoms with van der Waals surface area (Å²) in [4.78, 5) is 37.7. The van der Waals surface area contributed by atoms with Crippen molar-refractivity contribution in [2.75, 3.05) is 40.9 Å². The number of nitrogens with one attached hydrogen (secondary N) is 1. The topological polar surface area (TPSA) is 111 Å². The summed E-state index contributed by atoms with van der Waals surface area (Å²) in [5.41, 5.74) is 0. The molecule has 0 aromatic rings. The molecule has 0 aliphatic rings. The molecule has 0 rings (SSSR count). The van der Waals surface area contributed by atoms with Crippen molar-refractivity contribution in [1.29, 1.82) is 0 Å². The van der Waals surface area contributed by atoms with E-state index in [0.717, 1.165) is 89.9 Å². The van der Waals surface area contributed by atoms with Gasteiger partial charge in [-0.2, -0.15) is 0 Å². The third kappa shape index (κ3) is 57.9. The number of hydrogen-bond donors (Lipinski definition) is 2. The minimum atomic E-state index is -4.45. The maximum atomic E-state index is 13.6. The zero-order chi connectivity index (χ0) is 56.4. The molecule has 0 fully saturated rings. The van der Waals surface area contributed by atoms with Crippen molar-refractivity contribution in [3.63, 3.8) is 0 Å². The summed E-state index contributed by atoms with van der Waals surface area (Å²) < 4.78 is 30.7. The molecule has 3 unspecified atom stereocenters. The highest BCUT2D eigenvalue weighted by Crippen LogP contribution is 2.43. The fourth-order valence-corrected chi connectivity index (χ4v) is 9.83. The lowest BCUT2D eigenvalue weighted by Crippen LogP contribution is -2.47. The minimum absolute atomic E-state index is 0.0352. The van der Waals surface area contributed by atoms with E-state index < -0.39 is 20.0 Å². The number of carbonyl (C=O) groups is 2. The minimum Gasteiger partial charge on any atom is -0.456 e. The number of esters is 1. The van der Waals surface area contributed by atoms with E-state index in [0.29, 0.717) is 17.4 Å². The number of phosphoric acid groups is 1. The molecule has 2 N–H and O–H groups in total. The number of quaternary nitrogens is 1. The Morgan fingerprint density at radius 2 is 0.792 bits per heavy atom. The molecule has 448 valence electrons. The fraction of sp³-hybridized carbons (Fsp3) is 0.791. The number of rotatable bonds is 58. The van der Waals surface area contributed by atoms with Gasteiger partial charge >= 0.3 is 13.8 Å². The average Bonchev–Trinajstić information content (AvgIpc) is 3.39. The maximum Gasteiger partial charge on any atom is 0.472 e. The van der Waals surface area contributed by atoms with Crippen LogP contribution in [-0.4, -0.2) is 74.3 Å². The first-order chi connectivity index (χ1) is 37.4. The molecule has 0 saturated heterocycles. The van der Waals surface area contributed by atoms with Gasteiger partial charge in [-0.15, -0.1) is 0 Å². The summed E-state index contributed by atoms with van der Waals surface area (Å²) in [6.45, 7) is 6.96. The van der Waals surface area contributed by atoms with E-state index in [1.165, 1.54) is 167 Å². The van der Waals surface area contributed by atoms with Crippen molar-refractivity contribution in [2.45, 2.75) is 303 Å². The van der Waals surface area contributed by atoms with E-state index >= 15 is 0 Å². The average molecular weight is 1100 g/mol. The molecule has 0 heterocycles. The quantitative estimate of drug-likeness (QED) is 0.0205. The van der Waals surface area contributed by atoms with Gasteiger partial charge in [-0.3, -0.25) is 18.6 Å². The molecule has 0 aliphatic carbocycles. The van der Waals surface area contributed by atoms with Crippen LogP contribution < -0.4 is 5.32 Å². The lowest BCUT2D eigenvalue weighted by molar-refractivity contribution is -0.870. The molecule has 0 radical (unpaired) electrons. The molecule has 0 bridgehead atoms. The van der Waals surface area contributed by atoms with Gasteiger partial charge in [0.1, 0.15) is 19.3 Å². The van der Waals surface area contributed by atoms with E-state index in [1.807, 2.05) is 33.3 Å². The van der Waals surface area contributed by atoms with Crippen LogP contribution >= 0.6 is 7.82 Å². The smallest absolute Gasteiger partial charge is 0.456 e. The van der Waals surface area contributed by atoms with E-state index in [2.05, 4.69) is 86.8 Å². The van der Waals surface area contributed by atoms with E-state index in [4.69, 9.17) is 13.8 Å². The first-order valence-corrected chi connectivity index (χ1v) is 33.8.